The van der Waals surface area contributed by atoms with Gasteiger partial charge in [-0.2, -0.15) is 9.67 Å². The number of hydrogen-bond acceptors (Lipinski definition) is 4. The molecule has 0 fully saturated rings. The van der Waals surface area contributed by atoms with E-state index in [1.165, 1.54) is 4.68 Å². The summed E-state index contributed by atoms with van der Waals surface area (Å²) in [5.74, 6) is 0.786. The third-order valence-electron chi connectivity index (χ3n) is 2.45. The second kappa shape index (κ2) is 5.99. The van der Waals surface area contributed by atoms with Crippen LogP contribution in [0.1, 0.15) is 13.3 Å². The fraction of sp³-hybridized carbons (Fsp3) is 0.250. The largest absolute Gasteiger partial charge is 0.368 e. The smallest absolute Gasteiger partial charge is 0.226 e. The summed E-state index contributed by atoms with van der Waals surface area (Å²) in [6.45, 7) is 2.83. The fourth-order valence-electron chi connectivity index (χ4n) is 1.50. The summed E-state index contributed by atoms with van der Waals surface area (Å²) in [5.41, 5.74) is 6.66. The van der Waals surface area contributed by atoms with Gasteiger partial charge in [-0.25, -0.2) is 0 Å². The lowest BCUT2D eigenvalue weighted by Gasteiger charge is -2.06. The molecule has 100 valence electrons. The molecule has 0 unspecified atom stereocenters. The molecule has 3 N–H and O–H groups in total. The molecule has 0 bridgehead atoms. The number of halogens is 1. The Kier molecular flexibility index (Phi) is 4.34. The van der Waals surface area contributed by atoms with Crippen molar-refractivity contribution in [2.45, 2.75) is 13.3 Å². The van der Waals surface area contributed by atoms with Gasteiger partial charge in [0.05, 0.1) is 0 Å². The van der Waals surface area contributed by atoms with Crippen molar-refractivity contribution in [1.29, 1.82) is 0 Å². The van der Waals surface area contributed by atoms with Crippen LogP contribution in [-0.2, 0) is 0 Å². The minimum absolute atomic E-state index is 0.263. The number of nitrogen functional groups attached to an aromatic ring is 1. The maximum Gasteiger partial charge on any atom is 0.226 e. The summed E-state index contributed by atoms with van der Waals surface area (Å²) in [7, 11) is 0. The summed E-state index contributed by atoms with van der Waals surface area (Å²) in [5, 5.41) is 8.46. The van der Waals surface area contributed by atoms with E-state index in [-0.39, 0.29) is 5.95 Å². The topological polar surface area (TPSA) is 68.8 Å². The molecule has 0 amide bonds. The molecule has 0 aliphatic rings. The molecule has 0 aliphatic carbocycles. The van der Waals surface area contributed by atoms with Gasteiger partial charge in [-0.3, -0.25) is 0 Å². The van der Waals surface area contributed by atoms with E-state index in [4.69, 9.17) is 29.6 Å². The van der Waals surface area contributed by atoms with Gasteiger partial charge >= 0.3 is 0 Å². The lowest BCUT2D eigenvalue weighted by molar-refractivity contribution is 0.804. The molecular weight excluding hydrogens is 282 g/mol. The van der Waals surface area contributed by atoms with Crippen LogP contribution in [0.5, 0.6) is 0 Å². The van der Waals surface area contributed by atoms with Crippen molar-refractivity contribution in [3.63, 3.8) is 0 Å². The molecule has 1 aromatic heterocycles. The Morgan fingerprint density at radius 1 is 1.42 bits per heavy atom. The zero-order valence-electron chi connectivity index (χ0n) is 10.4. The maximum absolute atomic E-state index is 5.84. The van der Waals surface area contributed by atoms with Gasteiger partial charge in [0.1, 0.15) is 0 Å². The summed E-state index contributed by atoms with van der Waals surface area (Å²) in [6.07, 6.45) is 0.971. The molecule has 1 aromatic carbocycles. The van der Waals surface area contributed by atoms with Crippen molar-refractivity contribution in [2.24, 2.45) is 0 Å². The van der Waals surface area contributed by atoms with Crippen molar-refractivity contribution in [3.05, 3.63) is 29.3 Å². The molecular formula is C12H14ClN5S. The highest BCUT2D eigenvalue weighted by molar-refractivity contribution is 7.80. The number of nitrogens with zero attached hydrogens (tertiary/aromatic N) is 3. The first kappa shape index (κ1) is 13.8. The monoisotopic (exact) mass is 295 g/mol. The van der Waals surface area contributed by atoms with Gasteiger partial charge < -0.3 is 11.1 Å². The first-order valence-electron chi connectivity index (χ1n) is 5.88. The van der Waals surface area contributed by atoms with E-state index in [0.29, 0.717) is 16.0 Å². The van der Waals surface area contributed by atoms with Crippen LogP contribution >= 0.6 is 23.8 Å². The molecule has 7 heteroatoms. The van der Waals surface area contributed by atoms with Gasteiger partial charge in [0.15, 0.2) is 10.9 Å². The van der Waals surface area contributed by atoms with Gasteiger partial charge in [0.25, 0.3) is 0 Å². The van der Waals surface area contributed by atoms with E-state index in [9.17, 15) is 0 Å². The summed E-state index contributed by atoms with van der Waals surface area (Å²) in [6, 6.07) is 7.23. The Balaban J connectivity index is 2.25. The molecule has 5 nitrogen and oxygen atoms in total. The van der Waals surface area contributed by atoms with Crippen molar-refractivity contribution < 1.29 is 0 Å². The SMILES string of the molecule is CCCNC(=S)n1nc(-c2ccc(Cl)cc2)nc1N. The third-order valence-corrected chi connectivity index (χ3v) is 3.02. The lowest BCUT2D eigenvalue weighted by Crippen LogP contribution is -2.30. The molecule has 0 saturated heterocycles. The molecule has 2 rings (SSSR count). The quantitative estimate of drug-likeness (QED) is 0.851. The predicted molar refractivity (Wildman–Crippen MR) is 81.2 cm³/mol. The lowest BCUT2D eigenvalue weighted by atomic mass is 10.2. The van der Waals surface area contributed by atoms with Crippen molar-refractivity contribution in [2.75, 3.05) is 12.3 Å². The average Bonchev–Trinajstić information content (AvgIpc) is 2.79. The Hall–Kier alpha value is -1.66. The summed E-state index contributed by atoms with van der Waals surface area (Å²) in [4.78, 5) is 4.20. The highest BCUT2D eigenvalue weighted by atomic mass is 35.5. The van der Waals surface area contributed by atoms with Crippen LogP contribution in [-0.4, -0.2) is 26.4 Å². The minimum Gasteiger partial charge on any atom is -0.368 e. The first-order chi connectivity index (χ1) is 9.11. The Morgan fingerprint density at radius 3 is 2.74 bits per heavy atom. The molecule has 19 heavy (non-hydrogen) atoms. The third kappa shape index (κ3) is 3.21. The zero-order chi connectivity index (χ0) is 13.8. The number of thiocarbonyl (C=S) groups is 1. The number of hydrogen-bond donors (Lipinski definition) is 2. The molecule has 0 atom stereocenters. The van der Waals surface area contributed by atoms with E-state index in [0.717, 1.165) is 18.5 Å². The van der Waals surface area contributed by atoms with E-state index < -0.39 is 0 Å². The van der Waals surface area contributed by atoms with Gasteiger partial charge in [0.2, 0.25) is 5.95 Å². The number of benzene rings is 1. The number of rotatable bonds is 3. The van der Waals surface area contributed by atoms with E-state index >= 15 is 0 Å². The fourth-order valence-corrected chi connectivity index (χ4v) is 1.86. The van der Waals surface area contributed by atoms with E-state index in [1.54, 1.807) is 12.1 Å². The van der Waals surface area contributed by atoms with Crippen LogP contribution in [0.15, 0.2) is 24.3 Å². The van der Waals surface area contributed by atoms with Crippen LogP contribution in [0.25, 0.3) is 11.4 Å². The van der Waals surface area contributed by atoms with Crippen LogP contribution in [0, 0.1) is 0 Å². The van der Waals surface area contributed by atoms with Crippen molar-refractivity contribution in [3.8, 4) is 11.4 Å². The van der Waals surface area contributed by atoms with Gasteiger partial charge in [-0.1, -0.05) is 18.5 Å². The number of anilines is 1. The first-order valence-corrected chi connectivity index (χ1v) is 6.67. The number of nitrogens with one attached hydrogen (secondary N) is 1. The highest BCUT2D eigenvalue weighted by Crippen LogP contribution is 2.19. The summed E-state index contributed by atoms with van der Waals surface area (Å²) >= 11 is 11.0. The minimum atomic E-state index is 0.263. The van der Waals surface area contributed by atoms with Gasteiger partial charge in [0, 0.05) is 17.1 Å². The van der Waals surface area contributed by atoms with Gasteiger partial charge in [-0.05, 0) is 42.9 Å². The van der Waals surface area contributed by atoms with Crippen LogP contribution in [0.3, 0.4) is 0 Å². The average molecular weight is 296 g/mol. The zero-order valence-corrected chi connectivity index (χ0v) is 12.0. The molecule has 0 radical (unpaired) electrons. The summed E-state index contributed by atoms with van der Waals surface area (Å²) < 4.78 is 1.43. The number of aromatic nitrogens is 3. The molecule has 2 aromatic rings. The highest BCUT2D eigenvalue weighted by Gasteiger charge is 2.11. The predicted octanol–water partition coefficient (Wildman–Crippen LogP) is 2.31. The van der Waals surface area contributed by atoms with E-state index in [1.807, 2.05) is 12.1 Å². The Labute approximate surface area is 121 Å². The standard InChI is InChI=1S/C12H14ClN5S/c1-2-7-15-12(19)18-11(14)16-10(17-18)8-3-5-9(13)6-4-8/h3-6H,2,7H2,1H3,(H,15,19)(H2,14,16,17). The molecule has 1 heterocycles. The van der Waals surface area contributed by atoms with E-state index in [2.05, 4.69) is 22.3 Å². The Morgan fingerprint density at radius 2 is 2.11 bits per heavy atom. The Bertz CT molecular complexity index is 578. The molecule has 0 aliphatic heterocycles. The van der Waals surface area contributed by atoms with Crippen LogP contribution in [0.2, 0.25) is 5.02 Å². The second-order valence-electron chi connectivity index (χ2n) is 3.94. The van der Waals surface area contributed by atoms with Crippen LogP contribution < -0.4 is 11.1 Å². The van der Waals surface area contributed by atoms with Crippen LogP contribution in [0.4, 0.5) is 5.95 Å². The molecule has 0 saturated carbocycles. The van der Waals surface area contributed by atoms with Gasteiger partial charge in [-0.15, -0.1) is 5.10 Å². The van der Waals surface area contributed by atoms with Crippen molar-refractivity contribution in [1.82, 2.24) is 20.1 Å². The second-order valence-corrected chi connectivity index (χ2v) is 4.77. The normalized spacial score (nSPS) is 10.4. The number of nitrogens with two attached hydrogens (primary N) is 1. The van der Waals surface area contributed by atoms with Crippen molar-refractivity contribution >= 4 is 34.9 Å². The molecule has 0 spiro atoms. The maximum atomic E-state index is 5.84.